The molecule has 4 heteroatoms. The molecule has 112 valence electrons. The Morgan fingerprint density at radius 2 is 1.70 bits per heavy atom. The van der Waals surface area contributed by atoms with E-state index in [2.05, 4.69) is 29.2 Å². The van der Waals surface area contributed by atoms with Gasteiger partial charge in [0.25, 0.3) is 11.8 Å². The molecule has 1 saturated heterocycles. The lowest BCUT2D eigenvalue weighted by atomic mass is 10.00. The van der Waals surface area contributed by atoms with Gasteiger partial charge in [-0.1, -0.05) is 42.5 Å². The average Bonchev–Trinajstić information content (AvgIpc) is 3.09. The highest BCUT2D eigenvalue weighted by molar-refractivity contribution is 6.02. The van der Waals surface area contributed by atoms with Gasteiger partial charge in [-0.15, -0.1) is 5.10 Å². The molecule has 0 unspecified atom stereocenters. The predicted octanol–water partition coefficient (Wildman–Crippen LogP) is 3.00. The van der Waals surface area contributed by atoms with Gasteiger partial charge in [0.15, 0.2) is 0 Å². The standard InChI is InChI=1S/C19H14N2O2/c22-17-8-9-18(23)21(17)20-11-10-13-5-3-6-15-12-14-4-1-2-7-16(14)19(13)15/h1-7,10H,8-9,12H2. The second kappa shape index (κ2) is 5.34. The van der Waals surface area contributed by atoms with Gasteiger partial charge in [0.1, 0.15) is 0 Å². The molecule has 23 heavy (non-hydrogen) atoms. The Balaban J connectivity index is 1.73. The number of benzene rings is 2. The van der Waals surface area contributed by atoms with Crippen LogP contribution in [0.1, 0.15) is 29.5 Å². The van der Waals surface area contributed by atoms with Gasteiger partial charge in [-0.3, -0.25) is 9.59 Å². The van der Waals surface area contributed by atoms with Crippen LogP contribution in [0.3, 0.4) is 0 Å². The van der Waals surface area contributed by atoms with E-state index >= 15 is 0 Å². The molecule has 0 atom stereocenters. The van der Waals surface area contributed by atoms with Gasteiger partial charge in [0.05, 0.1) is 0 Å². The lowest BCUT2D eigenvalue weighted by Crippen LogP contribution is -2.22. The quantitative estimate of drug-likeness (QED) is 0.540. The molecule has 4 nitrogen and oxygen atoms in total. The van der Waals surface area contributed by atoms with Crippen molar-refractivity contribution in [3.63, 3.8) is 0 Å². The number of hydrogen-bond acceptors (Lipinski definition) is 3. The molecule has 0 radical (unpaired) electrons. The zero-order chi connectivity index (χ0) is 15.8. The van der Waals surface area contributed by atoms with Crippen LogP contribution in [-0.2, 0) is 16.0 Å². The largest absolute Gasteiger partial charge is 0.272 e. The molecule has 4 rings (SSSR count). The molecule has 0 N–H and O–H groups in total. The molecule has 1 aliphatic carbocycles. The predicted molar refractivity (Wildman–Crippen MR) is 87.7 cm³/mol. The fraction of sp³-hybridized carbons (Fsp3) is 0.158. The third kappa shape index (κ3) is 2.30. The third-order valence-electron chi connectivity index (χ3n) is 4.25. The number of rotatable bonds is 2. The minimum atomic E-state index is -0.264. The van der Waals surface area contributed by atoms with E-state index in [0.717, 1.165) is 17.0 Å². The van der Waals surface area contributed by atoms with Gasteiger partial charge >= 0.3 is 0 Å². The molecule has 1 fully saturated rings. The molecule has 1 heterocycles. The highest BCUT2D eigenvalue weighted by Crippen LogP contribution is 2.38. The molecule has 2 aliphatic rings. The van der Waals surface area contributed by atoms with Crippen molar-refractivity contribution < 1.29 is 9.59 Å². The van der Waals surface area contributed by atoms with Crippen LogP contribution in [0.2, 0.25) is 0 Å². The SMILES string of the molecule is O=C1CCC(=O)N1N=C=Cc1cccc2c1-c1ccccc1C2. The normalized spacial score (nSPS) is 15.2. The van der Waals surface area contributed by atoms with Crippen molar-refractivity contribution in [2.75, 3.05) is 0 Å². The van der Waals surface area contributed by atoms with Gasteiger partial charge in [0, 0.05) is 24.8 Å². The van der Waals surface area contributed by atoms with Crippen LogP contribution in [0.15, 0.2) is 47.6 Å². The first-order valence-corrected chi connectivity index (χ1v) is 7.59. The molecule has 0 bridgehead atoms. The first-order valence-electron chi connectivity index (χ1n) is 7.59. The molecule has 0 saturated carbocycles. The highest BCUT2D eigenvalue weighted by Gasteiger charge is 2.28. The van der Waals surface area contributed by atoms with Gasteiger partial charge in [-0.2, -0.15) is 5.01 Å². The van der Waals surface area contributed by atoms with Crippen molar-refractivity contribution in [2.45, 2.75) is 19.3 Å². The van der Waals surface area contributed by atoms with Gasteiger partial charge in [-0.05, 0) is 34.2 Å². The van der Waals surface area contributed by atoms with Gasteiger partial charge in [-0.25, -0.2) is 0 Å². The highest BCUT2D eigenvalue weighted by atomic mass is 16.2. The smallest absolute Gasteiger partial charge is 0.251 e. The lowest BCUT2D eigenvalue weighted by molar-refractivity contribution is -0.138. The van der Waals surface area contributed by atoms with Crippen molar-refractivity contribution in [2.24, 2.45) is 5.10 Å². The van der Waals surface area contributed by atoms with Crippen LogP contribution in [0, 0.1) is 0 Å². The Bertz CT molecular complexity index is 876. The molecule has 2 aromatic carbocycles. The fourth-order valence-electron chi connectivity index (χ4n) is 3.17. The molecular formula is C19H14N2O2. The van der Waals surface area contributed by atoms with E-state index < -0.39 is 0 Å². The molecule has 1 aliphatic heterocycles. The van der Waals surface area contributed by atoms with E-state index in [-0.39, 0.29) is 24.7 Å². The van der Waals surface area contributed by atoms with E-state index in [1.807, 2.05) is 24.3 Å². The minimum Gasteiger partial charge on any atom is -0.272 e. The number of fused-ring (bicyclic) bond motifs is 3. The van der Waals surface area contributed by atoms with Crippen molar-refractivity contribution >= 4 is 23.8 Å². The summed E-state index contributed by atoms with van der Waals surface area (Å²) in [6.07, 6.45) is 3.13. The van der Waals surface area contributed by atoms with Crippen LogP contribution >= 0.6 is 0 Å². The molecule has 0 aromatic heterocycles. The summed E-state index contributed by atoms with van der Waals surface area (Å²) in [6.45, 7) is 0. The Labute approximate surface area is 133 Å². The van der Waals surface area contributed by atoms with Crippen LogP contribution in [0.4, 0.5) is 0 Å². The number of amides is 2. The molecule has 2 aromatic rings. The van der Waals surface area contributed by atoms with E-state index in [0.29, 0.717) is 0 Å². The Morgan fingerprint density at radius 3 is 2.52 bits per heavy atom. The lowest BCUT2D eigenvalue weighted by Gasteiger charge is -2.05. The van der Waals surface area contributed by atoms with Crippen LogP contribution in [0.25, 0.3) is 17.2 Å². The summed E-state index contributed by atoms with van der Waals surface area (Å²) >= 11 is 0. The Kier molecular flexibility index (Phi) is 3.18. The topological polar surface area (TPSA) is 49.7 Å². The second-order valence-corrected chi connectivity index (χ2v) is 5.69. The maximum atomic E-state index is 11.5. The van der Waals surface area contributed by atoms with Crippen molar-refractivity contribution in [3.05, 3.63) is 59.2 Å². The van der Waals surface area contributed by atoms with E-state index in [1.165, 1.54) is 22.3 Å². The van der Waals surface area contributed by atoms with Crippen molar-refractivity contribution in [1.82, 2.24) is 5.01 Å². The average molecular weight is 302 g/mol. The summed E-state index contributed by atoms with van der Waals surface area (Å²) < 4.78 is 0. The first kappa shape index (κ1) is 13.7. The van der Waals surface area contributed by atoms with Crippen LogP contribution in [-0.4, -0.2) is 22.7 Å². The molecule has 0 spiro atoms. The maximum Gasteiger partial charge on any atom is 0.251 e. The van der Waals surface area contributed by atoms with Crippen LogP contribution in [0.5, 0.6) is 0 Å². The summed E-state index contributed by atoms with van der Waals surface area (Å²) in [5.74, 6) is 2.22. The van der Waals surface area contributed by atoms with Crippen molar-refractivity contribution in [1.29, 1.82) is 0 Å². The summed E-state index contributed by atoms with van der Waals surface area (Å²) in [4.78, 5) is 23.1. The maximum absolute atomic E-state index is 11.5. The number of nitrogens with zero attached hydrogens (tertiary/aromatic N) is 2. The fourth-order valence-corrected chi connectivity index (χ4v) is 3.17. The third-order valence-corrected chi connectivity index (χ3v) is 4.25. The number of carbonyl (C=O) groups is 2. The summed E-state index contributed by atoms with van der Waals surface area (Å²) in [5, 5.41) is 4.80. The van der Waals surface area contributed by atoms with E-state index in [1.54, 1.807) is 6.08 Å². The summed E-state index contributed by atoms with van der Waals surface area (Å²) in [7, 11) is 0. The van der Waals surface area contributed by atoms with Crippen molar-refractivity contribution in [3.8, 4) is 11.1 Å². The van der Waals surface area contributed by atoms with Gasteiger partial charge in [0.2, 0.25) is 0 Å². The molecular weight excluding hydrogens is 288 g/mol. The molecule has 2 amide bonds. The summed E-state index contributed by atoms with van der Waals surface area (Å²) in [5.41, 5.74) is 5.99. The number of carbonyl (C=O) groups excluding carboxylic acids is 2. The Hall–Kier alpha value is -2.97. The van der Waals surface area contributed by atoms with E-state index in [4.69, 9.17) is 0 Å². The number of hydrazone groups is 1. The van der Waals surface area contributed by atoms with Crippen LogP contribution < -0.4 is 0 Å². The second-order valence-electron chi connectivity index (χ2n) is 5.69. The van der Waals surface area contributed by atoms with E-state index in [9.17, 15) is 9.59 Å². The van der Waals surface area contributed by atoms with Gasteiger partial charge < -0.3 is 0 Å². The number of hydrogen-bond donors (Lipinski definition) is 0. The zero-order valence-corrected chi connectivity index (χ0v) is 12.5. The monoisotopic (exact) mass is 302 g/mol. The zero-order valence-electron chi connectivity index (χ0n) is 12.5. The minimum absolute atomic E-state index is 0.234. The number of imide groups is 1. The first-order chi connectivity index (χ1) is 11.2. The Morgan fingerprint density at radius 1 is 0.957 bits per heavy atom. The summed E-state index contributed by atoms with van der Waals surface area (Å²) in [6, 6.07) is 14.5.